The van der Waals surface area contributed by atoms with E-state index in [1.165, 1.54) is 6.07 Å². The first kappa shape index (κ1) is 14.6. The van der Waals surface area contributed by atoms with Crippen LogP contribution in [0.3, 0.4) is 0 Å². The molecule has 2 aromatic carbocycles. The first-order valence-corrected chi connectivity index (χ1v) is 7.15. The van der Waals surface area contributed by atoms with Crippen molar-refractivity contribution in [3.63, 3.8) is 0 Å². The molecule has 110 valence electrons. The highest BCUT2D eigenvalue weighted by atomic mass is 35.5. The number of anilines is 2. The second-order valence-electron chi connectivity index (χ2n) is 4.63. The number of fused-ring (bicyclic) bond motifs is 1. The summed E-state index contributed by atoms with van der Waals surface area (Å²) in [7, 11) is 0. The predicted molar refractivity (Wildman–Crippen MR) is 88.4 cm³/mol. The summed E-state index contributed by atoms with van der Waals surface area (Å²) in [6, 6.07) is 13.9. The lowest BCUT2D eigenvalue weighted by Crippen LogP contribution is -2.03. The summed E-state index contributed by atoms with van der Waals surface area (Å²) in [6.45, 7) is 0. The van der Waals surface area contributed by atoms with Gasteiger partial charge in [0, 0.05) is 16.1 Å². The molecule has 0 bridgehead atoms. The molecule has 0 amide bonds. The van der Waals surface area contributed by atoms with Crippen molar-refractivity contribution in [2.45, 2.75) is 0 Å². The van der Waals surface area contributed by atoms with Crippen molar-refractivity contribution in [1.82, 2.24) is 4.98 Å². The van der Waals surface area contributed by atoms with Gasteiger partial charge >= 0.3 is 5.97 Å². The fraction of sp³-hybridized carbons (Fsp3) is 0. The highest BCUT2D eigenvalue weighted by Crippen LogP contribution is 2.30. The van der Waals surface area contributed by atoms with Gasteiger partial charge < -0.3 is 10.4 Å². The van der Waals surface area contributed by atoms with Gasteiger partial charge in [0.05, 0.1) is 16.2 Å². The maximum absolute atomic E-state index is 11.3. The van der Waals surface area contributed by atoms with E-state index < -0.39 is 5.97 Å². The van der Waals surface area contributed by atoms with Gasteiger partial charge in [0.2, 0.25) is 0 Å². The molecule has 2 N–H and O–H groups in total. The van der Waals surface area contributed by atoms with E-state index in [0.29, 0.717) is 21.2 Å². The molecule has 0 saturated carbocycles. The maximum Gasteiger partial charge on any atom is 0.354 e. The predicted octanol–water partition coefficient (Wildman–Crippen LogP) is 4.98. The molecular weight excluding hydrogens is 323 g/mol. The number of hydrogen-bond donors (Lipinski definition) is 2. The quantitative estimate of drug-likeness (QED) is 0.709. The van der Waals surface area contributed by atoms with Crippen LogP contribution in [0, 0.1) is 0 Å². The van der Waals surface area contributed by atoms with Crippen LogP contribution in [-0.4, -0.2) is 16.1 Å². The fourth-order valence-electron chi connectivity index (χ4n) is 2.12. The summed E-state index contributed by atoms with van der Waals surface area (Å²) >= 11 is 12.0. The topological polar surface area (TPSA) is 62.2 Å². The molecule has 0 saturated heterocycles. The summed E-state index contributed by atoms with van der Waals surface area (Å²) in [5, 5.41) is 14.2. The number of hydrogen-bond acceptors (Lipinski definition) is 3. The van der Waals surface area contributed by atoms with E-state index in [0.717, 1.165) is 11.1 Å². The van der Waals surface area contributed by atoms with Crippen molar-refractivity contribution in [3.8, 4) is 0 Å². The molecule has 1 aromatic heterocycles. The Morgan fingerprint density at radius 2 is 1.82 bits per heavy atom. The van der Waals surface area contributed by atoms with Gasteiger partial charge in [-0.15, -0.1) is 0 Å². The smallest absolute Gasteiger partial charge is 0.354 e. The Hall–Kier alpha value is -2.30. The first-order valence-electron chi connectivity index (χ1n) is 6.40. The molecule has 0 atom stereocenters. The highest BCUT2D eigenvalue weighted by molar-refractivity contribution is 6.35. The van der Waals surface area contributed by atoms with Gasteiger partial charge in [0.15, 0.2) is 5.69 Å². The van der Waals surface area contributed by atoms with E-state index in [1.54, 1.807) is 36.4 Å². The van der Waals surface area contributed by atoms with Gasteiger partial charge in [-0.2, -0.15) is 0 Å². The summed E-state index contributed by atoms with van der Waals surface area (Å²) in [6.07, 6.45) is 0. The van der Waals surface area contributed by atoms with Gasteiger partial charge in [-0.05, 0) is 36.4 Å². The van der Waals surface area contributed by atoms with Crippen molar-refractivity contribution in [2.24, 2.45) is 0 Å². The molecule has 6 heteroatoms. The maximum atomic E-state index is 11.3. The van der Waals surface area contributed by atoms with Crippen LogP contribution >= 0.6 is 23.2 Å². The molecule has 0 aliphatic heterocycles. The third kappa shape index (κ3) is 2.84. The Kier molecular flexibility index (Phi) is 3.88. The number of carboxylic acid groups (broad SMARTS) is 1. The molecule has 3 aromatic rings. The Labute approximate surface area is 136 Å². The number of halogens is 2. The summed E-state index contributed by atoms with van der Waals surface area (Å²) < 4.78 is 0. The second kappa shape index (κ2) is 5.83. The van der Waals surface area contributed by atoms with Crippen LogP contribution < -0.4 is 5.32 Å². The number of nitrogens with one attached hydrogen (secondary N) is 1. The molecule has 4 nitrogen and oxygen atoms in total. The third-order valence-electron chi connectivity index (χ3n) is 3.13. The lowest BCUT2D eigenvalue weighted by atomic mass is 10.1. The van der Waals surface area contributed by atoms with E-state index in [2.05, 4.69) is 10.3 Å². The zero-order valence-corrected chi connectivity index (χ0v) is 12.7. The second-order valence-corrected chi connectivity index (χ2v) is 5.47. The number of carbonyl (C=O) groups is 1. The zero-order chi connectivity index (χ0) is 15.7. The molecule has 3 rings (SSSR count). The molecular formula is C16H10Cl2N2O2. The normalized spacial score (nSPS) is 10.6. The van der Waals surface area contributed by atoms with E-state index in [4.69, 9.17) is 23.2 Å². The monoisotopic (exact) mass is 332 g/mol. The minimum absolute atomic E-state index is 0.0722. The van der Waals surface area contributed by atoms with E-state index in [1.807, 2.05) is 6.07 Å². The molecule has 1 heterocycles. The molecule has 0 aliphatic carbocycles. The summed E-state index contributed by atoms with van der Waals surface area (Å²) in [5.41, 5.74) is 1.78. The average molecular weight is 333 g/mol. The van der Waals surface area contributed by atoms with Gasteiger partial charge in [-0.25, -0.2) is 9.78 Å². The van der Waals surface area contributed by atoms with Crippen molar-refractivity contribution in [1.29, 1.82) is 0 Å². The lowest BCUT2D eigenvalue weighted by Gasteiger charge is -2.11. The van der Waals surface area contributed by atoms with Crippen LogP contribution in [0.15, 0.2) is 48.5 Å². The van der Waals surface area contributed by atoms with Crippen molar-refractivity contribution in [3.05, 3.63) is 64.3 Å². The lowest BCUT2D eigenvalue weighted by molar-refractivity contribution is 0.0691. The number of aromatic carboxylic acids is 1. The molecule has 0 fully saturated rings. The van der Waals surface area contributed by atoms with Crippen LogP contribution in [0.5, 0.6) is 0 Å². The minimum Gasteiger partial charge on any atom is -0.477 e. The standard InChI is InChI=1S/C16H10Cl2N2O2/c17-9-4-6-10(7-5-9)19-13-8-14(16(21)22)20-15-11(13)2-1-3-12(15)18/h1-8H,(H,19,20)(H,21,22). The number of rotatable bonds is 3. The number of pyridine rings is 1. The SMILES string of the molecule is O=C(O)c1cc(Nc2ccc(Cl)cc2)c2cccc(Cl)c2n1. The Morgan fingerprint density at radius 3 is 2.50 bits per heavy atom. The van der Waals surface area contributed by atoms with Gasteiger partial charge in [0.25, 0.3) is 0 Å². The van der Waals surface area contributed by atoms with Crippen LogP contribution in [-0.2, 0) is 0 Å². The summed E-state index contributed by atoms with van der Waals surface area (Å²) in [4.78, 5) is 15.4. The van der Waals surface area contributed by atoms with Crippen LogP contribution in [0.25, 0.3) is 10.9 Å². The van der Waals surface area contributed by atoms with Crippen LogP contribution in [0.2, 0.25) is 10.0 Å². The number of carboxylic acids is 1. The van der Waals surface area contributed by atoms with Crippen molar-refractivity contribution >= 4 is 51.4 Å². The Morgan fingerprint density at radius 1 is 1.09 bits per heavy atom. The van der Waals surface area contributed by atoms with Gasteiger partial charge in [0.1, 0.15) is 0 Å². The van der Waals surface area contributed by atoms with Crippen LogP contribution in [0.4, 0.5) is 11.4 Å². The first-order chi connectivity index (χ1) is 10.5. The highest BCUT2D eigenvalue weighted by Gasteiger charge is 2.13. The number of aromatic nitrogens is 1. The molecule has 0 spiro atoms. The number of benzene rings is 2. The Bertz CT molecular complexity index is 864. The molecule has 0 aliphatic rings. The largest absolute Gasteiger partial charge is 0.477 e. The van der Waals surface area contributed by atoms with Crippen molar-refractivity contribution < 1.29 is 9.90 Å². The van der Waals surface area contributed by atoms with Gasteiger partial charge in [-0.1, -0.05) is 35.3 Å². The van der Waals surface area contributed by atoms with E-state index >= 15 is 0 Å². The van der Waals surface area contributed by atoms with Gasteiger partial charge in [-0.3, -0.25) is 0 Å². The average Bonchev–Trinajstić information content (AvgIpc) is 2.50. The molecule has 0 unspecified atom stereocenters. The van der Waals surface area contributed by atoms with E-state index in [9.17, 15) is 9.90 Å². The third-order valence-corrected chi connectivity index (χ3v) is 3.69. The minimum atomic E-state index is -1.11. The number of para-hydroxylation sites is 1. The van der Waals surface area contributed by atoms with E-state index in [-0.39, 0.29) is 5.69 Å². The fourth-order valence-corrected chi connectivity index (χ4v) is 2.46. The van der Waals surface area contributed by atoms with Crippen molar-refractivity contribution in [2.75, 3.05) is 5.32 Å². The number of nitrogens with zero attached hydrogens (tertiary/aromatic N) is 1. The summed E-state index contributed by atoms with van der Waals surface area (Å²) in [5.74, 6) is -1.11. The van der Waals surface area contributed by atoms with Crippen LogP contribution in [0.1, 0.15) is 10.5 Å². The zero-order valence-electron chi connectivity index (χ0n) is 11.2. The Balaban J connectivity index is 2.16. The molecule has 0 radical (unpaired) electrons. The molecule has 22 heavy (non-hydrogen) atoms.